The summed E-state index contributed by atoms with van der Waals surface area (Å²) in [4.78, 5) is 11.4. The number of nitrogens with zero attached hydrogens (tertiary/aromatic N) is 2. The molecule has 0 aliphatic carbocycles. The van der Waals surface area contributed by atoms with Crippen LogP contribution < -0.4 is 0 Å². The zero-order valence-electron chi connectivity index (χ0n) is 12.4. The van der Waals surface area contributed by atoms with E-state index in [1.54, 1.807) is 12.1 Å². The SMILES string of the molecule is COC(=O)c1ccc(CC(C)n2nc(C)cc2C)cc1. The highest BCUT2D eigenvalue weighted by Gasteiger charge is 2.11. The Labute approximate surface area is 119 Å². The fourth-order valence-corrected chi connectivity index (χ4v) is 2.41. The average Bonchev–Trinajstić information content (AvgIpc) is 2.78. The van der Waals surface area contributed by atoms with Crippen molar-refractivity contribution in [3.63, 3.8) is 0 Å². The van der Waals surface area contributed by atoms with Crippen LogP contribution in [0.25, 0.3) is 0 Å². The summed E-state index contributed by atoms with van der Waals surface area (Å²) in [5.74, 6) is -0.303. The van der Waals surface area contributed by atoms with Crippen molar-refractivity contribution in [2.75, 3.05) is 7.11 Å². The number of aromatic nitrogens is 2. The largest absolute Gasteiger partial charge is 0.465 e. The quantitative estimate of drug-likeness (QED) is 0.803. The summed E-state index contributed by atoms with van der Waals surface area (Å²) in [5.41, 5.74) is 3.96. The first-order valence-electron chi connectivity index (χ1n) is 6.71. The topological polar surface area (TPSA) is 44.1 Å². The molecule has 1 unspecified atom stereocenters. The third-order valence-corrected chi connectivity index (χ3v) is 3.37. The van der Waals surface area contributed by atoms with Gasteiger partial charge >= 0.3 is 5.97 Å². The van der Waals surface area contributed by atoms with Gasteiger partial charge in [-0.3, -0.25) is 4.68 Å². The van der Waals surface area contributed by atoms with E-state index >= 15 is 0 Å². The van der Waals surface area contributed by atoms with E-state index in [0.717, 1.165) is 12.1 Å². The second-order valence-corrected chi connectivity index (χ2v) is 5.11. The number of benzene rings is 1. The van der Waals surface area contributed by atoms with Gasteiger partial charge in [0.05, 0.1) is 24.4 Å². The Balaban J connectivity index is 2.10. The zero-order valence-corrected chi connectivity index (χ0v) is 12.4. The molecule has 1 atom stereocenters. The van der Waals surface area contributed by atoms with Crippen molar-refractivity contribution >= 4 is 5.97 Å². The maximum absolute atomic E-state index is 11.4. The van der Waals surface area contributed by atoms with Crippen LogP contribution in [0.5, 0.6) is 0 Å². The molecular formula is C16H20N2O2. The van der Waals surface area contributed by atoms with Crippen LogP contribution in [0.1, 0.15) is 40.3 Å². The van der Waals surface area contributed by atoms with Crippen molar-refractivity contribution in [2.45, 2.75) is 33.2 Å². The van der Waals surface area contributed by atoms with E-state index in [2.05, 4.69) is 25.0 Å². The predicted molar refractivity (Wildman–Crippen MR) is 77.9 cm³/mol. The standard InChI is InChI=1S/C16H20N2O2/c1-11-9-12(2)18(17-11)13(3)10-14-5-7-15(8-6-14)16(19)20-4/h5-9,13H,10H2,1-4H3. The number of carbonyl (C=O) groups is 1. The lowest BCUT2D eigenvalue weighted by molar-refractivity contribution is 0.0600. The molecule has 1 aromatic heterocycles. The highest BCUT2D eigenvalue weighted by atomic mass is 16.5. The molecule has 1 aromatic carbocycles. The highest BCUT2D eigenvalue weighted by Crippen LogP contribution is 2.17. The lowest BCUT2D eigenvalue weighted by atomic mass is 10.1. The van der Waals surface area contributed by atoms with Crippen LogP contribution in [0.15, 0.2) is 30.3 Å². The molecule has 0 radical (unpaired) electrons. The van der Waals surface area contributed by atoms with Gasteiger partial charge in [0, 0.05) is 5.69 Å². The van der Waals surface area contributed by atoms with Crippen molar-refractivity contribution < 1.29 is 9.53 Å². The minimum Gasteiger partial charge on any atom is -0.465 e. The Morgan fingerprint density at radius 3 is 2.45 bits per heavy atom. The molecule has 4 heteroatoms. The van der Waals surface area contributed by atoms with E-state index in [-0.39, 0.29) is 12.0 Å². The van der Waals surface area contributed by atoms with E-state index in [4.69, 9.17) is 4.74 Å². The monoisotopic (exact) mass is 272 g/mol. The van der Waals surface area contributed by atoms with Crippen LogP contribution in [-0.4, -0.2) is 22.9 Å². The third-order valence-electron chi connectivity index (χ3n) is 3.37. The molecule has 0 aliphatic rings. The summed E-state index contributed by atoms with van der Waals surface area (Å²) >= 11 is 0. The van der Waals surface area contributed by atoms with Gasteiger partial charge in [-0.15, -0.1) is 0 Å². The molecule has 2 aromatic rings. The van der Waals surface area contributed by atoms with Crippen molar-refractivity contribution in [1.82, 2.24) is 9.78 Å². The van der Waals surface area contributed by atoms with Crippen LogP contribution in [0, 0.1) is 13.8 Å². The van der Waals surface area contributed by atoms with Crippen molar-refractivity contribution in [3.05, 3.63) is 52.8 Å². The fourth-order valence-electron chi connectivity index (χ4n) is 2.41. The van der Waals surface area contributed by atoms with Crippen LogP contribution >= 0.6 is 0 Å². The number of esters is 1. The first-order valence-corrected chi connectivity index (χ1v) is 6.71. The molecule has 20 heavy (non-hydrogen) atoms. The van der Waals surface area contributed by atoms with E-state index in [1.165, 1.54) is 18.4 Å². The summed E-state index contributed by atoms with van der Waals surface area (Å²) in [6.45, 7) is 6.21. The van der Waals surface area contributed by atoms with Gasteiger partial charge in [-0.25, -0.2) is 4.79 Å². The molecule has 2 rings (SSSR count). The summed E-state index contributed by atoms with van der Waals surface area (Å²) in [7, 11) is 1.39. The maximum Gasteiger partial charge on any atom is 0.337 e. The number of methoxy groups -OCH3 is 1. The van der Waals surface area contributed by atoms with Crippen LogP contribution in [0.4, 0.5) is 0 Å². The Morgan fingerprint density at radius 2 is 1.95 bits per heavy atom. The summed E-state index contributed by atoms with van der Waals surface area (Å²) in [5, 5.41) is 4.51. The smallest absolute Gasteiger partial charge is 0.337 e. The molecule has 0 aliphatic heterocycles. The summed E-state index contributed by atoms with van der Waals surface area (Å²) < 4.78 is 6.74. The zero-order chi connectivity index (χ0) is 14.7. The molecule has 0 saturated carbocycles. The third kappa shape index (κ3) is 3.07. The van der Waals surface area contributed by atoms with Gasteiger partial charge in [-0.2, -0.15) is 5.10 Å². The molecule has 0 spiro atoms. The van der Waals surface area contributed by atoms with Gasteiger partial charge < -0.3 is 4.74 Å². The first kappa shape index (κ1) is 14.3. The number of hydrogen-bond acceptors (Lipinski definition) is 3. The minimum atomic E-state index is -0.303. The number of carbonyl (C=O) groups excluding carboxylic acids is 1. The van der Waals surface area contributed by atoms with Crippen molar-refractivity contribution in [2.24, 2.45) is 0 Å². The molecule has 0 fully saturated rings. The molecule has 4 nitrogen and oxygen atoms in total. The molecule has 0 bridgehead atoms. The second-order valence-electron chi connectivity index (χ2n) is 5.11. The van der Waals surface area contributed by atoms with Gasteiger partial charge in [-0.1, -0.05) is 12.1 Å². The predicted octanol–water partition coefficient (Wildman–Crippen LogP) is 3.09. The normalized spacial score (nSPS) is 12.2. The van der Waals surface area contributed by atoms with Crippen LogP contribution in [0.3, 0.4) is 0 Å². The molecule has 0 N–H and O–H groups in total. The number of ether oxygens (including phenoxy) is 1. The van der Waals surface area contributed by atoms with E-state index in [1.807, 2.05) is 23.7 Å². The molecule has 1 heterocycles. The average molecular weight is 272 g/mol. The van der Waals surface area contributed by atoms with E-state index in [0.29, 0.717) is 5.56 Å². The second kappa shape index (κ2) is 5.90. The van der Waals surface area contributed by atoms with Gasteiger partial charge in [0.15, 0.2) is 0 Å². The number of hydrogen-bond donors (Lipinski definition) is 0. The number of aryl methyl sites for hydroxylation is 2. The van der Waals surface area contributed by atoms with Gasteiger partial charge in [0.2, 0.25) is 0 Å². The first-order chi connectivity index (χ1) is 9.51. The lowest BCUT2D eigenvalue weighted by Crippen LogP contribution is -2.11. The minimum absolute atomic E-state index is 0.285. The highest BCUT2D eigenvalue weighted by molar-refractivity contribution is 5.89. The Bertz CT molecular complexity index is 599. The number of rotatable bonds is 4. The van der Waals surface area contributed by atoms with Gasteiger partial charge in [0.1, 0.15) is 0 Å². The lowest BCUT2D eigenvalue weighted by Gasteiger charge is -2.14. The van der Waals surface area contributed by atoms with Gasteiger partial charge in [0.25, 0.3) is 0 Å². The summed E-state index contributed by atoms with van der Waals surface area (Å²) in [6, 6.07) is 9.90. The van der Waals surface area contributed by atoms with E-state index < -0.39 is 0 Å². The summed E-state index contributed by atoms with van der Waals surface area (Å²) in [6.07, 6.45) is 0.878. The molecule has 106 valence electrons. The molecular weight excluding hydrogens is 252 g/mol. The fraction of sp³-hybridized carbons (Fsp3) is 0.375. The van der Waals surface area contributed by atoms with E-state index in [9.17, 15) is 4.79 Å². The van der Waals surface area contributed by atoms with Crippen LogP contribution in [0.2, 0.25) is 0 Å². The van der Waals surface area contributed by atoms with Crippen molar-refractivity contribution in [3.8, 4) is 0 Å². The van der Waals surface area contributed by atoms with Gasteiger partial charge in [-0.05, 0) is 51.0 Å². The van der Waals surface area contributed by atoms with Crippen LogP contribution in [-0.2, 0) is 11.2 Å². The Kier molecular flexibility index (Phi) is 4.23. The Morgan fingerprint density at radius 1 is 1.30 bits per heavy atom. The molecule has 0 amide bonds. The molecule has 0 saturated heterocycles. The maximum atomic E-state index is 11.4. The Hall–Kier alpha value is -2.10. The van der Waals surface area contributed by atoms with Crippen molar-refractivity contribution in [1.29, 1.82) is 0 Å².